The van der Waals surface area contributed by atoms with Gasteiger partial charge in [-0.2, -0.15) is 0 Å². The van der Waals surface area contributed by atoms with Gasteiger partial charge in [-0.15, -0.1) is 0 Å². The summed E-state index contributed by atoms with van der Waals surface area (Å²) in [5.41, 5.74) is 0. The summed E-state index contributed by atoms with van der Waals surface area (Å²) in [6.45, 7) is 17.1. The third-order valence-electron chi connectivity index (χ3n) is 10.8. The van der Waals surface area contributed by atoms with Gasteiger partial charge in [0.2, 0.25) is 0 Å². The van der Waals surface area contributed by atoms with Crippen molar-refractivity contribution in [3.8, 4) is 0 Å². The van der Waals surface area contributed by atoms with Crippen LogP contribution in [0.5, 0.6) is 0 Å². The Morgan fingerprint density at radius 2 is 0.311 bits per heavy atom. The van der Waals surface area contributed by atoms with Crippen molar-refractivity contribution >= 4 is 29.5 Å². The largest absolute Gasteiger partial charge is 4.00 e. The summed E-state index contributed by atoms with van der Waals surface area (Å²) in [7, 11) is -12.1. The van der Waals surface area contributed by atoms with Crippen LogP contribution in [0, 0.1) is 0 Å². The summed E-state index contributed by atoms with van der Waals surface area (Å²) in [4.78, 5) is 46.3. The molecule has 0 saturated heterocycles. The van der Waals surface area contributed by atoms with Crippen LogP contribution in [0.2, 0.25) is 0 Å². The maximum absolute atomic E-state index is 11.6. The first kappa shape index (κ1) is 71.4. The second-order valence-corrected chi connectivity index (χ2v) is 27.6. The van der Waals surface area contributed by atoms with Gasteiger partial charge in [0.05, 0.1) is 0 Å². The number of rotatable bonds is 40. The SMILES string of the molecule is CCCCCCP(=O)([O-])CCCCCC.CCCCCCP(=O)([O-])CCCCCC.CCCCCCP(=O)([O-])CCCCCC.CCCCCCP(=O)([O-])CCCCCC.[Mo+4]. The fraction of sp³-hybridized carbons (Fsp3) is 1.00. The fourth-order valence-corrected chi connectivity index (χ4v) is 13.2. The Hall–Kier alpha value is 1.45. The van der Waals surface area contributed by atoms with Crippen LogP contribution in [0.3, 0.4) is 0 Å². The van der Waals surface area contributed by atoms with Gasteiger partial charge >= 0.3 is 21.1 Å². The average Bonchev–Trinajstić information content (AvgIpc) is 3.20. The maximum atomic E-state index is 11.6. The van der Waals surface area contributed by atoms with Crippen molar-refractivity contribution in [2.45, 2.75) is 261 Å². The Labute approximate surface area is 396 Å². The first-order valence-corrected chi connectivity index (χ1v) is 33.6. The van der Waals surface area contributed by atoms with Crippen LogP contribution in [0.15, 0.2) is 0 Å². The molecule has 0 aliphatic carbocycles. The summed E-state index contributed by atoms with van der Waals surface area (Å²) in [6, 6.07) is 0. The van der Waals surface area contributed by atoms with Crippen molar-refractivity contribution < 1.29 is 58.9 Å². The summed E-state index contributed by atoms with van der Waals surface area (Å²) in [6.07, 6.45) is 37.5. The van der Waals surface area contributed by atoms with Crippen LogP contribution in [0.1, 0.15) is 261 Å². The maximum Gasteiger partial charge on any atom is 4.00 e. The smallest absolute Gasteiger partial charge is 0.799 e. The van der Waals surface area contributed by atoms with E-state index in [0.717, 1.165) is 154 Å². The third-order valence-corrected chi connectivity index (χ3v) is 18.8. The Morgan fingerprint density at radius 1 is 0.213 bits per heavy atom. The van der Waals surface area contributed by atoms with Gasteiger partial charge in [0, 0.05) is 29.5 Å². The van der Waals surface area contributed by atoms with Gasteiger partial charge in [-0.3, -0.25) is 0 Å². The van der Waals surface area contributed by atoms with Crippen LogP contribution in [0.25, 0.3) is 0 Å². The molecule has 0 rings (SSSR count). The van der Waals surface area contributed by atoms with E-state index in [1.807, 2.05) is 0 Å². The number of hydrogen-bond donors (Lipinski definition) is 0. The molecule has 0 fully saturated rings. The first-order chi connectivity index (χ1) is 28.5. The summed E-state index contributed by atoms with van der Waals surface area (Å²) >= 11 is 0. The molecule has 0 saturated carbocycles. The molecule has 8 nitrogen and oxygen atoms in total. The molecule has 0 atom stereocenters. The molecule has 370 valence electrons. The fourth-order valence-electron chi connectivity index (χ4n) is 6.68. The van der Waals surface area contributed by atoms with Crippen molar-refractivity contribution in [2.75, 3.05) is 49.3 Å². The van der Waals surface area contributed by atoms with Gasteiger partial charge in [-0.25, -0.2) is 0 Å². The van der Waals surface area contributed by atoms with E-state index in [-0.39, 0.29) is 21.1 Å². The molecule has 13 heteroatoms. The Kier molecular flexibility index (Phi) is 61.4. The zero-order valence-corrected chi connectivity index (χ0v) is 47.3. The number of unbranched alkanes of at least 4 members (excludes halogenated alkanes) is 24. The molecule has 0 bridgehead atoms. The van der Waals surface area contributed by atoms with Crippen LogP contribution in [-0.2, 0) is 39.3 Å². The second kappa shape index (κ2) is 52.4. The minimum atomic E-state index is -3.02. The van der Waals surface area contributed by atoms with Crippen molar-refractivity contribution in [3.05, 3.63) is 0 Å². The molecular formula is C48H104MoO8P4. The first-order valence-electron chi connectivity index (χ1n) is 25.6. The van der Waals surface area contributed by atoms with Gasteiger partial charge in [-0.1, -0.05) is 209 Å². The zero-order chi connectivity index (χ0) is 46.3. The molecule has 0 aliphatic heterocycles. The van der Waals surface area contributed by atoms with E-state index in [0.29, 0.717) is 49.3 Å². The van der Waals surface area contributed by atoms with Crippen molar-refractivity contribution in [2.24, 2.45) is 0 Å². The molecule has 0 aromatic carbocycles. The molecule has 0 heterocycles. The molecule has 0 unspecified atom stereocenters. The van der Waals surface area contributed by atoms with E-state index < -0.39 is 29.5 Å². The van der Waals surface area contributed by atoms with Crippen LogP contribution >= 0.6 is 29.5 Å². The van der Waals surface area contributed by atoms with Gasteiger partial charge in [0.25, 0.3) is 0 Å². The molecular weight excluding hydrogens is 924 g/mol. The predicted octanol–water partition coefficient (Wildman–Crippen LogP) is 15.1. The summed E-state index contributed by atoms with van der Waals surface area (Å²) in [5, 5.41) is 0. The second-order valence-electron chi connectivity index (χ2n) is 17.5. The van der Waals surface area contributed by atoms with E-state index >= 15 is 0 Å². The quantitative estimate of drug-likeness (QED) is 0.0333. The van der Waals surface area contributed by atoms with E-state index in [9.17, 15) is 37.8 Å². The van der Waals surface area contributed by atoms with Gasteiger partial charge in [0.15, 0.2) is 0 Å². The topological polar surface area (TPSA) is 161 Å². The average molecular weight is 1030 g/mol. The Morgan fingerprint density at radius 3 is 0.393 bits per heavy atom. The molecule has 61 heavy (non-hydrogen) atoms. The van der Waals surface area contributed by atoms with Crippen molar-refractivity contribution in [1.29, 1.82) is 0 Å². The van der Waals surface area contributed by atoms with Gasteiger partial charge < -0.3 is 37.8 Å². The Bertz CT molecular complexity index is 825. The predicted molar refractivity (Wildman–Crippen MR) is 262 cm³/mol. The number of hydrogen-bond acceptors (Lipinski definition) is 8. The standard InChI is InChI=1S/4C12H27O2P.Mo/c4*1-3-5-7-9-11-15(13,14)12-10-8-6-4-2;/h4*3-12H2,1-2H3,(H,13,14);/q;;;;+4/p-4. The summed E-state index contributed by atoms with van der Waals surface area (Å²) < 4.78 is 46.3. The molecule has 0 aromatic rings. The Balaban J connectivity index is -0.000000227. The molecule has 0 N–H and O–H groups in total. The van der Waals surface area contributed by atoms with E-state index in [2.05, 4.69) is 55.4 Å². The van der Waals surface area contributed by atoms with Gasteiger partial charge in [0.1, 0.15) is 0 Å². The molecule has 0 amide bonds. The van der Waals surface area contributed by atoms with Crippen molar-refractivity contribution in [3.63, 3.8) is 0 Å². The minimum absolute atomic E-state index is 0. The van der Waals surface area contributed by atoms with Crippen LogP contribution < -0.4 is 19.6 Å². The van der Waals surface area contributed by atoms with E-state index in [1.165, 1.54) is 51.4 Å². The van der Waals surface area contributed by atoms with Crippen molar-refractivity contribution in [1.82, 2.24) is 0 Å². The van der Waals surface area contributed by atoms with E-state index in [1.54, 1.807) is 0 Å². The van der Waals surface area contributed by atoms with Gasteiger partial charge in [-0.05, 0) is 101 Å². The molecule has 0 aromatic heterocycles. The monoisotopic (exact) mass is 1030 g/mol. The van der Waals surface area contributed by atoms with Crippen LogP contribution in [-0.4, -0.2) is 49.3 Å². The molecule has 0 radical (unpaired) electrons. The normalized spacial score (nSPS) is 11.7. The van der Waals surface area contributed by atoms with Crippen LogP contribution in [0.4, 0.5) is 0 Å². The molecule has 0 aliphatic rings. The third kappa shape index (κ3) is 65.8. The minimum Gasteiger partial charge on any atom is -0.799 e. The summed E-state index contributed by atoms with van der Waals surface area (Å²) in [5.74, 6) is 0. The van der Waals surface area contributed by atoms with E-state index in [4.69, 9.17) is 0 Å². The zero-order valence-electron chi connectivity index (χ0n) is 41.7. The molecule has 0 spiro atoms.